The van der Waals surface area contributed by atoms with Crippen LogP contribution < -0.4 is 4.74 Å². The lowest BCUT2D eigenvalue weighted by molar-refractivity contribution is 0.304. The van der Waals surface area contributed by atoms with Gasteiger partial charge in [-0.05, 0) is 17.7 Å². The van der Waals surface area contributed by atoms with E-state index >= 15 is 0 Å². The van der Waals surface area contributed by atoms with Crippen molar-refractivity contribution in [3.05, 3.63) is 66.7 Å². The normalized spacial score (nSPS) is 10.3. The number of ether oxygens (including phenoxy) is 1. The Morgan fingerprint density at radius 1 is 0.952 bits per heavy atom. The van der Waals surface area contributed by atoms with Gasteiger partial charge in [-0.3, -0.25) is 0 Å². The predicted octanol–water partition coefficient (Wildman–Crippen LogP) is 2.82. The van der Waals surface area contributed by atoms with Gasteiger partial charge < -0.3 is 9.84 Å². The minimum Gasteiger partial charge on any atom is -0.507 e. The van der Waals surface area contributed by atoms with E-state index in [0.717, 1.165) is 5.56 Å². The highest BCUT2D eigenvalue weighted by Gasteiger charge is 2.08. The van der Waals surface area contributed by atoms with Crippen LogP contribution in [0, 0.1) is 0 Å². The smallest absolute Gasteiger partial charge is 0.166 e. The number of rotatable bonds is 4. The third-order valence-electron chi connectivity index (χ3n) is 2.95. The summed E-state index contributed by atoms with van der Waals surface area (Å²) in [4.78, 5) is 11.8. The van der Waals surface area contributed by atoms with Gasteiger partial charge in [0.15, 0.2) is 5.82 Å². The van der Waals surface area contributed by atoms with E-state index in [1.807, 2.05) is 30.3 Å². The van der Waals surface area contributed by atoms with Crippen LogP contribution in [-0.2, 0) is 6.61 Å². The zero-order chi connectivity index (χ0) is 14.5. The van der Waals surface area contributed by atoms with Gasteiger partial charge in [0, 0.05) is 6.07 Å². The Morgan fingerprint density at radius 2 is 1.71 bits per heavy atom. The van der Waals surface area contributed by atoms with E-state index in [1.165, 1.54) is 12.7 Å². The molecule has 2 aromatic carbocycles. The summed E-state index contributed by atoms with van der Waals surface area (Å²) in [7, 11) is 0. The molecule has 0 fully saturated rings. The van der Waals surface area contributed by atoms with Gasteiger partial charge in [0.25, 0.3) is 0 Å². The number of hydrogen-bond acceptors (Lipinski definition) is 5. The standard InChI is InChI=1S/C16H13N3O2/c20-15-8-13(21-9-12-4-2-1-3-5-12)6-7-14(15)16-18-10-17-11-19-16/h1-8,10-11,20H,9H2. The van der Waals surface area contributed by atoms with Crippen molar-refractivity contribution >= 4 is 0 Å². The molecule has 1 aromatic heterocycles. The van der Waals surface area contributed by atoms with Gasteiger partial charge in [-0.1, -0.05) is 30.3 Å². The molecule has 0 saturated heterocycles. The fourth-order valence-corrected chi connectivity index (χ4v) is 1.91. The largest absolute Gasteiger partial charge is 0.507 e. The fraction of sp³-hybridized carbons (Fsp3) is 0.0625. The molecule has 1 heterocycles. The van der Waals surface area contributed by atoms with Gasteiger partial charge in [0.05, 0.1) is 5.56 Å². The molecule has 0 atom stereocenters. The maximum Gasteiger partial charge on any atom is 0.166 e. The third kappa shape index (κ3) is 3.14. The number of hydrogen-bond donors (Lipinski definition) is 1. The Bertz CT molecular complexity index is 718. The highest BCUT2D eigenvalue weighted by Crippen LogP contribution is 2.30. The van der Waals surface area contributed by atoms with Gasteiger partial charge in [-0.15, -0.1) is 0 Å². The molecular weight excluding hydrogens is 266 g/mol. The average Bonchev–Trinajstić information content (AvgIpc) is 2.55. The van der Waals surface area contributed by atoms with E-state index in [9.17, 15) is 5.11 Å². The highest BCUT2D eigenvalue weighted by molar-refractivity contribution is 5.64. The van der Waals surface area contributed by atoms with Crippen molar-refractivity contribution in [3.8, 4) is 22.9 Å². The van der Waals surface area contributed by atoms with Crippen molar-refractivity contribution in [3.63, 3.8) is 0 Å². The van der Waals surface area contributed by atoms with Crippen molar-refractivity contribution in [1.82, 2.24) is 15.0 Å². The van der Waals surface area contributed by atoms with Crippen LogP contribution in [0.1, 0.15) is 5.56 Å². The topological polar surface area (TPSA) is 68.1 Å². The van der Waals surface area contributed by atoms with Crippen LogP contribution in [-0.4, -0.2) is 20.1 Å². The first kappa shape index (κ1) is 13.1. The predicted molar refractivity (Wildman–Crippen MR) is 77.7 cm³/mol. The minimum absolute atomic E-state index is 0.0757. The molecule has 0 aliphatic carbocycles. The lowest BCUT2D eigenvalue weighted by Crippen LogP contribution is -1.95. The van der Waals surface area contributed by atoms with Gasteiger partial charge in [0.2, 0.25) is 0 Å². The quantitative estimate of drug-likeness (QED) is 0.795. The SMILES string of the molecule is Oc1cc(OCc2ccccc2)ccc1-c1ncncn1. The maximum absolute atomic E-state index is 10.1. The van der Waals surface area contributed by atoms with Crippen LogP contribution in [0.25, 0.3) is 11.4 Å². The van der Waals surface area contributed by atoms with E-state index in [0.29, 0.717) is 23.7 Å². The van der Waals surface area contributed by atoms with Gasteiger partial charge in [-0.2, -0.15) is 0 Å². The van der Waals surface area contributed by atoms with Crippen LogP contribution in [0.15, 0.2) is 61.2 Å². The summed E-state index contributed by atoms with van der Waals surface area (Å²) in [6.07, 6.45) is 2.78. The first-order valence-corrected chi connectivity index (χ1v) is 6.45. The fourth-order valence-electron chi connectivity index (χ4n) is 1.91. The number of aromatic hydroxyl groups is 1. The Kier molecular flexibility index (Phi) is 3.73. The molecule has 0 aliphatic heterocycles. The Hall–Kier alpha value is -2.95. The molecule has 0 aliphatic rings. The maximum atomic E-state index is 10.1. The zero-order valence-corrected chi connectivity index (χ0v) is 11.2. The van der Waals surface area contributed by atoms with Gasteiger partial charge >= 0.3 is 0 Å². The lowest BCUT2D eigenvalue weighted by Gasteiger charge is -2.08. The summed E-state index contributed by atoms with van der Waals surface area (Å²) in [5.41, 5.74) is 1.61. The number of phenolic OH excluding ortho intramolecular Hbond substituents is 1. The molecule has 104 valence electrons. The summed E-state index contributed by atoms with van der Waals surface area (Å²) >= 11 is 0. The Labute approximate surface area is 121 Å². The number of aromatic nitrogens is 3. The first-order chi connectivity index (χ1) is 10.3. The second-order valence-corrected chi connectivity index (χ2v) is 4.42. The summed E-state index contributed by atoms with van der Waals surface area (Å²) in [5.74, 6) is 1.10. The van der Waals surface area contributed by atoms with Crippen molar-refractivity contribution < 1.29 is 9.84 Å². The first-order valence-electron chi connectivity index (χ1n) is 6.45. The van der Waals surface area contributed by atoms with Crippen LogP contribution in [0.3, 0.4) is 0 Å². The second kappa shape index (κ2) is 6.00. The van der Waals surface area contributed by atoms with Crippen LogP contribution in [0.2, 0.25) is 0 Å². The molecule has 5 heteroatoms. The second-order valence-electron chi connectivity index (χ2n) is 4.42. The number of phenols is 1. The zero-order valence-electron chi connectivity index (χ0n) is 11.2. The molecule has 3 aromatic rings. The van der Waals surface area contributed by atoms with Crippen LogP contribution in [0.4, 0.5) is 0 Å². The van der Waals surface area contributed by atoms with Crippen LogP contribution >= 0.6 is 0 Å². The van der Waals surface area contributed by atoms with Crippen LogP contribution in [0.5, 0.6) is 11.5 Å². The minimum atomic E-state index is 0.0757. The molecular formula is C16H13N3O2. The molecule has 1 N–H and O–H groups in total. The van der Waals surface area contributed by atoms with Crippen molar-refractivity contribution in [1.29, 1.82) is 0 Å². The van der Waals surface area contributed by atoms with E-state index in [4.69, 9.17) is 4.74 Å². The average molecular weight is 279 g/mol. The summed E-state index contributed by atoms with van der Waals surface area (Å²) in [5, 5.41) is 10.1. The number of benzene rings is 2. The molecule has 0 radical (unpaired) electrons. The Morgan fingerprint density at radius 3 is 2.43 bits per heavy atom. The summed E-state index contributed by atoms with van der Waals surface area (Å²) in [6, 6.07) is 14.9. The van der Waals surface area contributed by atoms with E-state index in [1.54, 1.807) is 18.2 Å². The molecule has 3 rings (SSSR count). The summed E-state index contributed by atoms with van der Waals surface area (Å²) in [6.45, 7) is 0.450. The summed E-state index contributed by atoms with van der Waals surface area (Å²) < 4.78 is 5.65. The van der Waals surface area contributed by atoms with Crippen molar-refractivity contribution in [2.75, 3.05) is 0 Å². The lowest BCUT2D eigenvalue weighted by atomic mass is 10.2. The van der Waals surface area contributed by atoms with E-state index in [-0.39, 0.29) is 5.75 Å². The van der Waals surface area contributed by atoms with Gasteiger partial charge in [0.1, 0.15) is 30.8 Å². The molecule has 0 unspecified atom stereocenters. The molecule has 0 amide bonds. The highest BCUT2D eigenvalue weighted by atomic mass is 16.5. The molecule has 0 bridgehead atoms. The van der Waals surface area contributed by atoms with Gasteiger partial charge in [-0.25, -0.2) is 15.0 Å². The van der Waals surface area contributed by atoms with Crippen molar-refractivity contribution in [2.24, 2.45) is 0 Å². The molecule has 21 heavy (non-hydrogen) atoms. The van der Waals surface area contributed by atoms with Crippen molar-refractivity contribution in [2.45, 2.75) is 6.61 Å². The van der Waals surface area contributed by atoms with E-state index in [2.05, 4.69) is 15.0 Å². The molecule has 5 nitrogen and oxygen atoms in total. The van der Waals surface area contributed by atoms with E-state index < -0.39 is 0 Å². The molecule has 0 spiro atoms. The number of nitrogens with zero attached hydrogens (tertiary/aromatic N) is 3. The monoisotopic (exact) mass is 279 g/mol. The third-order valence-corrected chi connectivity index (χ3v) is 2.95. The Balaban J connectivity index is 1.76. The molecule has 0 saturated carbocycles.